The average Bonchev–Trinajstić information content (AvgIpc) is 2.46. The maximum absolute atomic E-state index is 10.7. The van der Waals surface area contributed by atoms with Crippen molar-refractivity contribution in [1.82, 2.24) is 0 Å². The molecule has 1 aromatic rings. The number of hydrogen-bond acceptors (Lipinski definition) is 4. The molecule has 0 saturated carbocycles. The molecule has 0 heterocycles. The highest BCUT2D eigenvalue weighted by Crippen LogP contribution is 2.29. The fourth-order valence-corrected chi connectivity index (χ4v) is 2.09. The Morgan fingerprint density at radius 2 is 2.29 bits per heavy atom. The van der Waals surface area contributed by atoms with Crippen LogP contribution in [-0.2, 0) is 9.53 Å². The largest absolute Gasteiger partial charge is 0.478 e. The molecule has 0 fully saturated rings. The predicted octanol–water partition coefficient (Wildman–Crippen LogP) is 2.80. The number of carboxylic acids is 1. The van der Waals surface area contributed by atoms with E-state index < -0.39 is 5.97 Å². The molecular formula is C15H17ClN2O3. The predicted molar refractivity (Wildman–Crippen MR) is 82.4 cm³/mol. The van der Waals surface area contributed by atoms with Gasteiger partial charge in [0.2, 0.25) is 0 Å². The smallest absolute Gasteiger partial charge is 0.328 e. The Balaban J connectivity index is 3.13. The maximum Gasteiger partial charge on any atom is 0.328 e. The molecule has 0 aliphatic carbocycles. The molecule has 0 atom stereocenters. The van der Waals surface area contributed by atoms with Crippen molar-refractivity contribution >= 4 is 29.3 Å². The van der Waals surface area contributed by atoms with Crippen LogP contribution >= 0.6 is 11.6 Å². The highest BCUT2D eigenvalue weighted by Gasteiger charge is 2.12. The first-order valence-corrected chi connectivity index (χ1v) is 6.78. The number of hydrogen-bond donors (Lipinski definition) is 1. The summed E-state index contributed by atoms with van der Waals surface area (Å²) >= 11 is 6.16. The molecule has 0 radical (unpaired) electrons. The lowest BCUT2D eigenvalue weighted by atomic mass is 10.1. The van der Waals surface area contributed by atoms with Crippen LogP contribution in [0.2, 0.25) is 5.02 Å². The third kappa shape index (κ3) is 5.46. The van der Waals surface area contributed by atoms with Gasteiger partial charge >= 0.3 is 5.97 Å². The molecule has 1 rings (SSSR count). The molecule has 5 nitrogen and oxygen atoms in total. The number of nitrogens with zero attached hydrogens (tertiary/aromatic N) is 2. The molecule has 112 valence electrons. The zero-order chi connectivity index (χ0) is 15.7. The highest BCUT2D eigenvalue weighted by molar-refractivity contribution is 6.32. The van der Waals surface area contributed by atoms with E-state index in [9.17, 15) is 4.79 Å². The number of aliphatic carboxylic acids is 1. The average molecular weight is 309 g/mol. The van der Waals surface area contributed by atoms with Gasteiger partial charge in [-0.2, -0.15) is 5.26 Å². The molecule has 0 aromatic heterocycles. The van der Waals surface area contributed by atoms with Gasteiger partial charge in [0.15, 0.2) is 0 Å². The Morgan fingerprint density at radius 1 is 1.52 bits per heavy atom. The summed E-state index contributed by atoms with van der Waals surface area (Å²) in [5, 5.41) is 18.0. The van der Waals surface area contributed by atoms with Crippen LogP contribution in [0, 0.1) is 11.3 Å². The molecule has 0 spiro atoms. The van der Waals surface area contributed by atoms with Crippen molar-refractivity contribution in [2.24, 2.45) is 0 Å². The third-order valence-corrected chi connectivity index (χ3v) is 3.15. The second-order valence-corrected chi connectivity index (χ2v) is 4.64. The fraction of sp³-hybridized carbons (Fsp3) is 0.333. The SMILES string of the molecule is COCCN(CCC#N)c1cccc(Cl)c1C=CC(=O)O. The van der Waals surface area contributed by atoms with Crippen molar-refractivity contribution in [3.8, 4) is 6.07 Å². The summed E-state index contributed by atoms with van der Waals surface area (Å²) in [6.07, 6.45) is 2.87. The molecular weight excluding hydrogens is 292 g/mol. The minimum absolute atomic E-state index is 0.359. The van der Waals surface area contributed by atoms with Gasteiger partial charge in [0.1, 0.15) is 0 Å². The van der Waals surface area contributed by atoms with Crippen LogP contribution in [0.3, 0.4) is 0 Å². The maximum atomic E-state index is 10.7. The van der Waals surface area contributed by atoms with E-state index in [1.54, 1.807) is 19.2 Å². The van der Waals surface area contributed by atoms with Crippen LogP contribution in [0.5, 0.6) is 0 Å². The quantitative estimate of drug-likeness (QED) is 0.748. The normalized spacial score (nSPS) is 10.5. The number of nitriles is 1. The first kappa shape index (κ1) is 17.0. The van der Waals surface area contributed by atoms with Gasteiger partial charge in [-0.25, -0.2) is 4.79 Å². The van der Waals surface area contributed by atoms with Crippen molar-refractivity contribution in [2.75, 3.05) is 31.7 Å². The van der Waals surface area contributed by atoms with E-state index in [0.29, 0.717) is 36.7 Å². The first-order chi connectivity index (χ1) is 10.1. The second kappa shape index (κ2) is 9.01. The van der Waals surface area contributed by atoms with E-state index in [1.807, 2.05) is 11.0 Å². The number of benzene rings is 1. The van der Waals surface area contributed by atoms with E-state index in [0.717, 1.165) is 11.8 Å². The zero-order valence-electron chi connectivity index (χ0n) is 11.8. The Labute approximate surface area is 129 Å². The van der Waals surface area contributed by atoms with Crippen LogP contribution < -0.4 is 4.90 Å². The molecule has 0 aliphatic heterocycles. The molecule has 0 aliphatic rings. The van der Waals surface area contributed by atoms with Crippen LogP contribution in [0.15, 0.2) is 24.3 Å². The van der Waals surface area contributed by atoms with Crippen molar-refractivity contribution < 1.29 is 14.6 Å². The van der Waals surface area contributed by atoms with E-state index in [2.05, 4.69) is 6.07 Å². The summed E-state index contributed by atoms with van der Waals surface area (Å²) in [7, 11) is 1.60. The van der Waals surface area contributed by atoms with Crippen molar-refractivity contribution in [2.45, 2.75) is 6.42 Å². The third-order valence-electron chi connectivity index (χ3n) is 2.82. The summed E-state index contributed by atoms with van der Waals surface area (Å²) in [6, 6.07) is 7.44. The van der Waals surface area contributed by atoms with Crippen LogP contribution in [-0.4, -0.2) is 37.9 Å². The number of carbonyl (C=O) groups is 1. The van der Waals surface area contributed by atoms with Gasteiger partial charge in [0.05, 0.1) is 19.1 Å². The monoisotopic (exact) mass is 308 g/mol. The number of rotatable bonds is 8. The molecule has 0 saturated heterocycles. The van der Waals surface area contributed by atoms with Gasteiger partial charge in [-0.15, -0.1) is 0 Å². The summed E-state index contributed by atoms with van der Waals surface area (Å²) in [5.74, 6) is -1.04. The lowest BCUT2D eigenvalue weighted by Gasteiger charge is -2.25. The number of methoxy groups -OCH3 is 1. The number of halogens is 1. The lowest BCUT2D eigenvalue weighted by molar-refractivity contribution is -0.131. The van der Waals surface area contributed by atoms with Gasteiger partial charge in [0.25, 0.3) is 0 Å². The lowest BCUT2D eigenvalue weighted by Crippen LogP contribution is -2.28. The van der Waals surface area contributed by atoms with Gasteiger partial charge < -0.3 is 14.7 Å². The molecule has 21 heavy (non-hydrogen) atoms. The molecule has 1 N–H and O–H groups in total. The standard InChI is InChI=1S/C15H17ClN2O3/c1-21-11-10-18(9-3-8-17)14-5-2-4-13(16)12(14)6-7-15(19)20/h2,4-7H,3,9-11H2,1H3,(H,19,20). The molecule has 0 amide bonds. The van der Waals surface area contributed by atoms with Gasteiger partial charge in [-0.05, 0) is 18.2 Å². The fourth-order valence-electron chi connectivity index (χ4n) is 1.86. The van der Waals surface area contributed by atoms with Crippen molar-refractivity contribution in [1.29, 1.82) is 5.26 Å². The Morgan fingerprint density at radius 3 is 2.90 bits per heavy atom. The first-order valence-electron chi connectivity index (χ1n) is 6.40. The van der Waals surface area contributed by atoms with E-state index >= 15 is 0 Å². The van der Waals surface area contributed by atoms with E-state index in [1.165, 1.54) is 6.08 Å². The molecule has 0 bridgehead atoms. The molecule has 6 heteroatoms. The highest BCUT2D eigenvalue weighted by atomic mass is 35.5. The number of anilines is 1. The van der Waals surface area contributed by atoms with Crippen LogP contribution in [0.4, 0.5) is 5.69 Å². The minimum Gasteiger partial charge on any atom is -0.478 e. The van der Waals surface area contributed by atoms with E-state index in [4.69, 9.17) is 26.7 Å². The van der Waals surface area contributed by atoms with Gasteiger partial charge in [-0.1, -0.05) is 17.7 Å². The Kier molecular flexibility index (Phi) is 7.30. The minimum atomic E-state index is -1.04. The van der Waals surface area contributed by atoms with Crippen LogP contribution in [0.25, 0.3) is 6.08 Å². The van der Waals surface area contributed by atoms with Crippen molar-refractivity contribution in [3.63, 3.8) is 0 Å². The molecule has 0 unspecified atom stereocenters. The Hall–Kier alpha value is -2.03. The second-order valence-electron chi connectivity index (χ2n) is 4.23. The van der Waals surface area contributed by atoms with Crippen molar-refractivity contribution in [3.05, 3.63) is 34.9 Å². The zero-order valence-corrected chi connectivity index (χ0v) is 12.5. The summed E-state index contributed by atoms with van der Waals surface area (Å²) < 4.78 is 5.07. The van der Waals surface area contributed by atoms with Crippen LogP contribution in [0.1, 0.15) is 12.0 Å². The summed E-state index contributed by atoms with van der Waals surface area (Å²) in [4.78, 5) is 12.7. The molecule has 1 aromatic carbocycles. The Bertz CT molecular complexity index is 552. The van der Waals surface area contributed by atoms with Gasteiger partial charge in [-0.3, -0.25) is 0 Å². The van der Waals surface area contributed by atoms with Gasteiger partial charge in [0, 0.05) is 42.5 Å². The summed E-state index contributed by atoms with van der Waals surface area (Å²) in [6.45, 7) is 1.61. The van der Waals surface area contributed by atoms with E-state index in [-0.39, 0.29) is 0 Å². The number of ether oxygens (including phenoxy) is 1. The summed E-state index contributed by atoms with van der Waals surface area (Å²) in [5.41, 5.74) is 1.41. The topological polar surface area (TPSA) is 73.6 Å². The number of carboxylic acid groups (broad SMARTS) is 1.